The van der Waals surface area contributed by atoms with Crippen LogP contribution in [0.5, 0.6) is 0 Å². The Morgan fingerprint density at radius 1 is 1.30 bits per heavy atom. The van der Waals surface area contributed by atoms with Gasteiger partial charge < -0.3 is 19.7 Å². The molecule has 0 unspecified atom stereocenters. The molecule has 0 fully saturated rings. The van der Waals surface area contributed by atoms with E-state index in [2.05, 4.69) is 0 Å². The Morgan fingerprint density at radius 2 is 2.10 bits per heavy atom. The van der Waals surface area contributed by atoms with E-state index in [0.29, 0.717) is 17.0 Å². The average Bonchev–Trinajstić information content (AvgIpc) is 3.06. The highest BCUT2D eigenvalue weighted by atomic mass is 16.6. The first-order chi connectivity index (χ1) is 14.5. The summed E-state index contributed by atoms with van der Waals surface area (Å²) in [4.78, 5) is 30.5. The van der Waals surface area contributed by atoms with Gasteiger partial charge in [0.15, 0.2) is 11.8 Å². The Hall–Kier alpha value is -3.07. The van der Waals surface area contributed by atoms with Gasteiger partial charge in [0.05, 0.1) is 35.7 Å². The molecule has 8 heteroatoms. The van der Waals surface area contributed by atoms with Gasteiger partial charge in [0.25, 0.3) is 5.56 Å². The number of carbonyl (C=O) groups is 1. The second kappa shape index (κ2) is 6.73. The molecular weight excluding hydrogens is 388 g/mol. The lowest BCUT2D eigenvalue weighted by atomic mass is 9.86. The Morgan fingerprint density at radius 3 is 2.87 bits per heavy atom. The van der Waals surface area contributed by atoms with Crippen LogP contribution < -0.4 is 5.56 Å². The summed E-state index contributed by atoms with van der Waals surface area (Å²) in [5, 5.41) is 21.1. The number of ether oxygens (including phenoxy) is 2. The number of hydrogen-bond acceptors (Lipinski definition) is 7. The Bertz CT molecular complexity index is 1250. The summed E-state index contributed by atoms with van der Waals surface area (Å²) in [7, 11) is 0. The lowest BCUT2D eigenvalue weighted by Crippen LogP contribution is -2.44. The van der Waals surface area contributed by atoms with Gasteiger partial charge in [-0.05, 0) is 24.6 Å². The molecule has 2 N–H and O–H groups in total. The van der Waals surface area contributed by atoms with Crippen molar-refractivity contribution in [2.24, 2.45) is 0 Å². The summed E-state index contributed by atoms with van der Waals surface area (Å²) in [5.41, 5.74) is 0.627. The van der Waals surface area contributed by atoms with Crippen molar-refractivity contribution in [1.82, 2.24) is 9.55 Å². The van der Waals surface area contributed by atoms with Crippen LogP contribution in [0.2, 0.25) is 0 Å². The maximum Gasteiger partial charge on any atom is 0.343 e. The lowest BCUT2D eigenvalue weighted by molar-refractivity contribution is -0.172. The first-order valence-corrected chi connectivity index (χ1v) is 9.80. The smallest absolute Gasteiger partial charge is 0.343 e. The van der Waals surface area contributed by atoms with Gasteiger partial charge in [0, 0.05) is 16.5 Å². The number of para-hydroxylation sites is 1. The predicted molar refractivity (Wildman–Crippen MR) is 107 cm³/mol. The summed E-state index contributed by atoms with van der Waals surface area (Å²) >= 11 is 0. The number of aliphatic hydroxyl groups excluding tert-OH is 1. The third kappa shape index (κ3) is 2.48. The molecule has 0 saturated carbocycles. The highest BCUT2D eigenvalue weighted by Gasteiger charge is 2.46. The Kier molecular flexibility index (Phi) is 4.25. The van der Waals surface area contributed by atoms with E-state index in [-0.39, 0.29) is 37.4 Å². The Balaban J connectivity index is 1.82. The van der Waals surface area contributed by atoms with E-state index in [1.54, 1.807) is 13.0 Å². The molecule has 3 aromatic rings. The normalized spacial score (nSPS) is 21.8. The number of hydrogen-bond donors (Lipinski definition) is 2. The monoisotopic (exact) mass is 408 g/mol. The number of aliphatic hydroxyl groups is 2. The van der Waals surface area contributed by atoms with E-state index in [0.717, 1.165) is 10.9 Å². The molecule has 0 bridgehead atoms. The molecule has 0 radical (unpaired) electrons. The molecule has 8 nitrogen and oxygen atoms in total. The zero-order valence-corrected chi connectivity index (χ0v) is 16.3. The molecule has 0 aliphatic carbocycles. The molecule has 4 heterocycles. The lowest BCUT2D eigenvalue weighted by Gasteiger charge is -2.32. The fourth-order valence-corrected chi connectivity index (χ4v) is 4.28. The van der Waals surface area contributed by atoms with Crippen molar-refractivity contribution in [2.45, 2.75) is 31.8 Å². The molecule has 2 aliphatic heterocycles. The number of nitrogens with zero attached hydrogens (tertiary/aromatic N) is 2. The molecule has 30 heavy (non-hydrogen) atoms. The summed E-state index contributed by atoms with van der Waals surface area (Å²) < 4.78 is 12.4. The van der Waals surface area contributed by atoms with Crippen LogP contribution in [0.15, 0.2) is 41.2 Å². The number of esters is 1. The fraction of sp³-hybridized carbons (Fsp3) is 0.318. The van der Waals surface area contributed by atoms with Gasteiger partial charge in [-0.2, -0.15) is 0 Å². The summed E-state index contributed by atoms with van der Waals surface area (Å²) in [5.74, 6) is -0.764. The third-order valence-electron chi connectivity index (χ3n) is 5.85. The van der Waals surface area contributed by atoms with Crippen LogP contribution in [0.25, 0.3) is 22.3 Å². The van der Waals surface area contributed by atoms with E-state index >= 15 is 0 Å². The van der Waals surface area contributed by atoms with E-state index < -0.39 is 23.4 Å². The van der Waals surface area contributed by atoms with E-state index in [1.807, 2.05) is 30.3 Å². The number of aromatic nitrogens is 2. The zero-order chi connectivity index (χ0) is 21.0. The molecule has 0 spiro atoms. The number of carbonyl (C=O) groups excluding carboxylic acids is 1. The van der Waals surface area contributed by atoms with Gasteiger partial charge in [-0.15, -0.1) is 0 Å². The summed E-state index contributed by atoms with van der Waals surface area (Å²) in [6, 6.07) is 11.1. The third-order valence-corrected chi connectivity index (χ3v) is 5.85. The first kappa shape index (κ1) is 18.9. The van der Waals surface area contributed by atoms with Crippen molar-refractivity contribution in [2.75, 3.05) is 13.2 Å². The molecule has 154 valence electrons. The summed E-state index contributed by atoms with van der Waals surface area (Å²) in [6.07, 6.45) is -0.700. The second-order valence-electron chi connectivity index (χ2n) is 7.45. The second-order valence-corrected chi connectivity index (χ2v) is 7.45. The van der Waals surface area contributed by atoms with Gasteiger partial charge in [-0.25, -0.2) is 9.78 Å². The highest BCUT2D eigenvalue weighted by molar-refractivity contribution is 5.86. The standard InChI is InChI=1S/C22H20N2O6/c1-2-22(28)15-10-17-18-13(9-12-5-3-4-6-16(12)23-18)20(29-8-7-25)24(17)19(26)14(15)11-30-21(22)27/h3-6,9-10,20,25,28H,2,7-8,11H2,1H3/t20-,22+/m1/s1. The molecule has 2 aliphatic rings. The van der Waals surface area contributed by atoms with Crippen molar-refractivity contribution >= 4 is 16.9 Å². The molecule has 1 aromatic carbocycles. The van der Waals surface area contributed by atoms with Crippen molar-refractivity contribution in [1.29, 1.82) is 0 Å². The molecule has 0 saturated heterocycles. The maximum absolute atomic E-state index is 13.4. The van der Waals surface area contributed by atoms with Crippen molar-refractivity contribution in [3.8, 4) is 11.4 Å². The topological polar surface area (TPSA) is 111 Å². The van der Waals surface area contributed by atoms with Crippen molar-refractivity contribution in [3.05, 3.63) is 63.4 Å². The van der Waals surface area contributed by atoms with Crippen molar-refractivity contribution < 1.29 is 24.5 Å². The van der Waals surface area contributed by atoms with Gasteiger partial charge >= 0.3 is 5.97 Å². The quantitative estimate of drug-likeness (QED) is 0.631. The van der Waals surface area contributed by atoms with E-state index in [1.165, 1.54) is 4.57 Å². The van der Waals surface area contributed by atoms with Crippen LogP contribution in [-0.4, -0.2) is 38.9 Å². The van der Waals surface area contributed by atoms with Crippen LogP contribution in [0, 0.1) is 0 Å². The van der Waals surface area contributed by atoms with Gasteiger partial charge in [0.1, 0.15) is 6.61 Å². The van der Waals surface area contributed by atoms with Gasteiger partial charge in [-0.1, -0.05) is 25.1 Å². The molecule has 5 rings (SSSR count). The van der Waals surface area contributed by atoms with Gasteiger partial charge in [0.2, 0.25) is 0 Å². The molecule has 2 atom stereocenters. The van der Waals surface area contributed by atoms with Crippen LogP contribution in [0.4, 0.5) is 0 Å². The number of fused-ring (bicyclic) bond motifs is 5. The number of pyridine rings is 2. The van der Waals surface area contributed by atoms with Crippen molar-refractivity contribution in [3.63, 3.8) is 0 Å². The summed E-state index contributed by atoms with van der Waals surface area (Å²) in [6.45, 7) is 1.28. The molecule has 0 amide bonds. The van der Waals surface area contributed by atoms with Crippen LogP contribution >= 0.6 is 0 Å². The highest BCUT2D eigenvalue weighted by Crippen LogP contribution is 2.42. The van der Waals surface area contributed by atoms with E-state index in [9.17, 15) is 19.8 Å². The largest absolute Gasteiger partial charge is 0.458 e. The van der Waals surface area contributed by atoms with E-state index in [4.69, 9.17) is 14.5 Å². The minimum atomic E-state index is -1.89. The minimum absolute atomic E-state index is 0.0355. The number of cyclic esters (lactones) is 1. The van der Waals surface area contributed by atoms with Crippen LogP contribution in [0.1, 0.15) is 36.3 Å². The maximum atomic E-state index is 13.4. The zero-order valence-electron chi connectivity index (χ0n) is 16.3. The number of benzene rings is 1. The minimum Gasteiger partial charge on any atom is -0.458 e. The van der Waals surface area contributed by atoms with Crippen LogP contribution in [0.3, 0.4) is 0 Å². The Labute approximate surface area is 171 Å². The SMILES string of the molecule is CC[C@@]1(O)C(=O)OCc2c1cc1n(c2=O)[C@H](OCCO)c2cc3ccccc3nc2-1. The van der Waals surface area contributed by atoms with Gasteiger partial charge in [-0.3, -0.25) is 9.36 Å². The van der Waals surface area contributed by atoms with Crippen LogP contribution in [-0.2, 0) is 26.5 Å². The first-order valence-electron chi connectivity index (χ1n) is 9.80. The number of rotatable bonds is 4. The molecule has 2 aromatic heterocycles. The predicted octanol–water partition coefficient (Wildman–Crippen LogP) is 1.59. The molecular formula is C22H20N2O6. The average molecular weight is 408 g/mol. The fourth-order valence-electron chi connectivity index (χ4n) is 4.28.